The highest BCUT2D eigenvalue weighted by atomic mass is 16.5. The first-order valence-electron chi connectivity index (χ1n) is 15.2. The minimum Gasteiger partial charge on any atom is -0.481 e. The van der Waals surface area contributed by atoms with E-state index >= 15 is 0 Å². The van der Waals surface area contributed by atoms with Crippen molar-refractivity contribution in [1.82, 2.24) is 0 Å². The number of ketones is 1. The fourth-order valence-electron chi connectivity index (χ4n) is 4.30. The van der Waals surface area contributed by atoms with Crippen molar-refractivity contribution in [3.63, 3.8) is 0 Å². The predicted octanol–water partition coefficient (Wildman–Crippen LogP) is 9.01. The van der Waals surface area contributed by atoms with Gasteiger partial charge < -0.3 is 14.6 Å². The minimum absolute atomic E-state index is 0.00868. The number of aliphatic carboxylic acids is 1. The van der Waals surface area contributed by atoms with Gasteiger partial charge in [0.2, 0.25) is 0 Å². The molecule has 1 unspecified atom stereocenters. The Bertz CT molecular complexity index is 688. The summed E-state index contributed by atoms with van der Waals surface area (Å²) in [5, 5.41) is 17.7. The SMILES string of the molecule is CCCCCCC(CCCCCCCCCCC(C)=O)OC(=O)CCC(C)(C)N=NC(C)(C)CCC(=O)O. The maximum absolute atomic E-state index is 12.7. The smallest absolute Gasteiger partial charge is 0.306 e. The second-order valence-corrected chi connectivity index (χ2v) is 12.2. The first kappa shape index (κ1) is 36.2. The number of esters is 1. The maximum Gasteiger partial charge on any atom is 0.306 e. The third-order valence-corrected chi connectivity index (χ3v) is 6.97. The van der Waals surface area contributed by atoms with E-state index in [-0.39, 0.29) is 24.3 Å². The molecular weight excluding hydrogens is 480 g/mol. The van der Waals surface area contributed by atoms with Crippen LogP contribution < -0.4 is 0 Å². The van der Waals surface area contributed by atoms with Gasteiger partial charge in [-0.2, -0.15) is 10.2 Å². The Kier molecular flexibility index (Phi) is 20.1. The number of hydrogen-bond donors (Lipinski definition) is 1. The lowest BCUT2D eigenvalue weighted by Gasteiger charge is -2.23. The molecule has 0 aliphatic heterocycles. The van der Waals surface area contributed by atoms with Crippen LogP contribution in [0.3, 0.4) is 0 Å². The average Bonchev–Trinajstić information content (AvgIpc) is 2.84. The zero-order valence-corrected chi connectivity index (χ0v) is 25.5. The maximum atomic E-state index is 12.7. The van der Waals surface area contributed by atoms with E-state index in [1.165, 1.54) is 51.4 Å². The lowest BCUT2D eigenvalue weighted by molar-refractivity contribution is -0.150. The number of rotatable bonds is 25. The molecule has 0 spiro atoms. The highest BCUT2D eigenvalue weighted by molar-refractivity contribution is 5.75. The number of hydrogen-bond acceptors (Lipinski definition) is 6. The molecule has 0 heterocycles. The van der Waals surface area contributed by atoms with Crippen molar-refractivity contribution in [2.75, 3.05) is 0 Å². The largest absolute Gasteiger partial charge is 0.481 e. The van der Waals surface area contributed by atoms with Crippen molar-refractivity contribution >= 4 is 17.7 Å². The molecule has 0 rings (SSSR count). The Balaban J connectivity index is 4.46. The number of carbonyl (C=O) groups is 3. The van der Waals surface area contributed by atoms with Gasteiger partial charge in [-0.1, -0.05) is 64.7 Å². The number of carbonyl (C=O) groups excluding carboxylic acids is 2. The van der Waals surface area contributed by atoms with Crippen LogP contribution >= 0.6 is 0 Å². The summed E-state index contributed by atoms with van der Waals surface area (Å²) in [6, 6.07) is 0. The summed E-state index contributed by atoms with van der Waals surface area (Å²) in [5.74, 6) is -0.709. The second kappa shape index (κ2) is 21.1. The normalized spacial score (nSPS) is 13.1. The summed E-state index contributed by atoms with van der Waals surface area (Å²) in [5.41, 5.74) is -1.06. The molecule has 0 saturated carbocycles. The van der Waals surface area contributed by atoms with Gasteiger partial charge in [-0.3, -0.25) is 9.59 Å². The number of azo groups is 1. The molecule has 1 atom stereocenters. The predicted molar refractivity (Wildman–Crippen MR) is 155 cm³/mol. The van der Waals surface area contributed by atoms with Crippen molar-refractivity contribution in [3.8, 4) is 0 Å². The number of carboxylic acids is 1. The van der Waals surface area contributed by atoms with E-state index in [1.54, 1.807) is 6.92 Å². The Hall–Kier alpha value is -1.79. The fraction of sp³-hybridized carbons (Fsp3) is 0.903. The van der Waals surface area contributed by atoms with Crippen LogP contribution in [-0.2, 0) is 19.1 Å². The van der Waals surface area contributed by atoms with Crippen LogP contribution in [0, 0.1) is 0 Å². The van der Waals surface area contributed by atoms with E-state index in [0.29, 0.717) is 25.7 Å². The molecule has 0 saturated heterocycles. The highest BCUT2D eigenvalue weighted by Crippen LogP contribution is 2.24. The summed E-state index contributed by atoms with van der Waals surface area (Å²) in [7, 11) is 0. The van der Waals surface area contributed by atoms with Gasteiger partial charge in [-0.25, -0.2) is 0 Å². The van der Waals surface area contributed by atoms with Gasteiger partial charge in [-0.15, -0.1) is 0 Å². The molecule has 0 bridgehead atoms. The molecule has 0 fully saturated rings. The highest BCUT2D eigenvalue weighted by Gasteiger charge is 2.24. The Labute approximate surface area is 233 Å². The van der Waals surface area contributed by atoms with E-state index in [9.17, 15) is 14.4 Å². The Morgan fingerprint density at radius 1 is 0.684 bits per heavy atom. The molecule has 0 aromatic carbocycles. The molecule has 0 aliphatic carbocycles. The van der Waals surface area contributed by atoms with E-state index < -0.39 is 17.0 Å². The van der Waals surface area contributed by atoms with Crippen molar-refractivity contribution in [2.24, 2.45) is 10.2 Å². The summed E-state index contributed by atoms with van der Waals surface area (Å²) < 4.78 is 5.92. The van der Waals surface area contributed by atoms with Crippen LogP contribution in [0.5, 0.6) is 0 Å². The topological polar surface area (TPSA) is 105 Å². The van der Waals surface area contributed by atoms with Gasteiger partial charge in [-0.05, 0) is 79.6 Å². The van der Waals surface area contributed by atoms with Gasteiger partial charge in [0.1, 0.15) is 11.9 Å². The third-order valence-electron chi connectivity index (χ3n) is 6.97. The molecule has 0 aromatic rings. The number of nitrogens with zero attached hydrogens (tertiary/aromatic N) is 2. The van der Waals surface area contributed by atoms with E-state index in [4.69, 9.17) is 9.84 Å². The molecule has 0 aromatic heterocycles. The number of unbranched alkanes of at least 4 members (excludes halogenated alkanes) is 10. The lowest BCUT2D eigenvalue weighted by Crippen LogP contribution is -2.24. The minimum atomic E-state index is -0.836. The van der Waals surface area contributed by atoms with Gasteiger partial charge in [0.25, 0.3) is 0 Å². The average molecular weight is 539 g/mol. The first-order chi connectivity index (χ1) is 17.9. The number of ether oxygens (including phenoxy) is 1. The standard InChI is InChI=1S/C31H58N2O5/c1-7-8-9-17-20-27(21-18-15-13-11-10-12-14-16-19-26(2)34)38-29(37)23-25-31(5,6)33-32-30(3,4)24-22-28(35)36/h27H,7-25H2,1-6H3,(H,35,36). The van der Waals surface area contributed by atoms with E-state index in [0.717, 1.165) is 38.5 Å². The van der Waals surface area contributed by atoms with Crippen LogP contribution in [0.15, 0.2) is 10.2 Å². The zero-order valence-electron chi connectivity index (χ0n) is 25.5. The molecule has 7 heteroatoms. The lowest BCUT2D eigenvalue weighted by atomic mass is 9.98. The van der Waals surface area contributed by atoms with Crippen molar-refractivity contribution in [3.05, 3.63) is 0 Å². The Morgan fingerprint density at radius 2 is 1.13 bits per heavy atom. The summed E-state index contributed by atoms with van der Waals surface area (Å²) in [6.07, 6.45) is 17.9. The van der Waals surface area contributed by atoms with Crippen molar-refractivity contribution < 1.29 is 24.2 Å². The first-order valence-corrected chi connectivity index (χ1v) is 15.2. The summed E-state index contributed by atoms with van der Waals surface area (Å²) >= 11 is 0. The van der Waals surface area contributed by atoms with Crippen LogP contribution in [0.1, 0.15) is 164 Å². The van der Waals surface area contributed by atoms with Crippen LogP contribution in [-0.4, -0.2) is 40.0 Å². The monoisotopic (exact) mass is 538 g/mol. The summed E-state index contributed by atoms with van der Waals surface area (Å²) in [4.78, 5) is 34.5. The van der Waals surface area contributed by atoms with Gasteiger partial charge >= 0.3 is 11.9 Å². The molecule has 222 valence electrons. The number of carboxylic acid groups (broad SMARTS) is 1. The number of Topliss-reactive ketones (excluding diaryl/α,β-unsaturated/α-hetero) is 1. The fourth-order valence-corrected chi connectivity index (χ4v) is 4.30. The van der Waals surface area contributed by atoms with Crippen molar-refractivity contribution in [1.29, 1.82) is 0 Å². The quantitative estimate of drug-likeness (QED) is 0.0709. The molecule has 7 nitrogen and oxygen atoms in total. The van der Waals surface area contributed by atoms with Crippen LogP contribution in [0.4, 0.5) is 0 Å². The molecule has 38 heavy (non-hydrogen) atoms. The van der Waals surface area contributed by atoms with Gasteiger partial charge in [0.05, 0.1) is 11.1 Å². The molecule has 0 radical (unpaired) electrons. The molecule has 0 amide bonds. The van der Waals surface area contributed by atoms with Crippen LogP contribution in [0.25, 0.3) is 0 Å². The second-order valence-electron chi connectivity index (χ2n) is 12.2. The van der Waals surface area contributed by atoms with Gasteiger partial charge in [0.15, 0.2) is 0 Å². The van der Waals surface area contributed by atoms with E-state index in [2.05, 4.69) is 17.2 Å². The Morgan fingerprint density at radius 3 is 1.61 bits per heavy atom. The van der Waals surface area contributed by atoms with Crippen LogP contribution in [0.2, 0.25) is 0 Å². The van der Waals surface area contributed by atoms with Crippen molar-refractivity contribution in [2.45, 2.75) is 181 Å². The third kappa shape index (κ3) is 23.3. The molecule has 1 N–H and O–H groups in total. The zero-order chi connectivity index (χ0) is 28.9. The van der Waals surface area contributed by atoms with Gasteiger partial charge in [0, 0.05) is 19.3 Å². The molecular formula is C31H58N2O5. The van der Waals surface area contributed by atoms with E-state index in [1.807, 2.05) is 27.7 Å². The molecule has 0 aliphatic rings. The summed E-state index contributed by atoms with van der Waals surface area (Å²) in [6.45, 7) is 11.5.